The Hall–Kier alpha value is -1.57. The van der Waals surface area contributed by atoms with Gasteiger partial charge in [0.05, 0.1) is 7.11 Å². The van der Waals surface area contributed by atoms with Gasteiger partial charge in [0.25, 0.3) is 0 Å². The van der Waals surface area contributed by atoms with Crippen molar-refractivity contribution >= 4 is 5.78 Å². The Bertz CT molecular complexity index is 502. The second-order valence-corrected chi connectivity index (χ2v) is 5.20. The van der Waals surface area contributed by atoms with Crippen molar-refractivity contribution in [3.63, 3.8) is 0 Å². The number of methoxy groups -OCH3 is 1. The summed E-state index contributed by atoms with van der Waals surface area (Å²) in [5.41, 5.74) is 2.06. The SMILES string of the molecule is COc1ccc2c(c1)CC[C@@H]([C@H]1C=CCC1)C2=O. The molecule has 0 amide bonds. The topological polar surface area (TPSA) is 26.3 Å². The highest BCUT2D eigenvalue weighted by Crippen LogP contribution is 2.36. The molecule has 0 saturated carbocycles. The van der Waals surface area contributed by atoms with E-state index >= 15 is 0 Å². The fourth-order valence-electron chi connectivity index (χ4n) is 3.19. The zero-order valence-corrected chi connectivity index (χ0v) is 10.7. The number of hydrogen-bond acceptors (Lipinski definition) is 2. The number of carbonyl (C=O) groups excluding carboxylic acids is 1. The molecule has 2 atom stereocenters. The number of fused-ring (bicyclic) bond motifs is 1. The third-order valence-corrected chi connectivity index (χ3v) is 4.21. The van der Waals surface area contributed by atoms with E-state index in [0.29, 0.717) is 11.7 Å². The van der Waals surface area contributed by atoms with Gasteiger partial charge in [0, 0.05) is 11.5 Å². The van der Waals surface area contributed by atoms with Gasteiger partial charge in [-0.2, -0.15) is 0 Å². The van der Waals surface area contributed by atoms with Crippen molar-refractivity contribution in [3.05, 3.63) is 41.5 Å². The largest absolute Gasteiger partial charge is 0.497 e. The number of carbonyl (C=O) groups is 1. The van der Waals surface area contributed by atoms with Crippen LogP contribution in [-0.2, 0) is 6.42 Å². The minimum Gasteiger partial charge on any atom is -0.497 e. The minimum atomic E-state index is 0.199. The maximum absolute atomic E-state index is 12.5. The van der Waals surface area contributed by atoms with Gasteiger partial charge in [-0.25, -0.2) is 0 Å². The third kappa shape index (κ3) is 1.86. The third-order valence-electron chi connectivity index (χ3n) is 4.21. The number of Topliss-reactive ketones (excluding diaryl/α,β-unsaturated/α-hetero) is 1. The van der Waals surface area contributed by atoms with E-state index in [2.05, 4.69) is 12.2 Å². The maximum atomic E-state index is 12.5. The van der Waals surface area contributed by atoms with Crippen LogP contribution in [0.5, 0.6) is 5.75 Å². The number of ketones is 1. The van der Waals surface area contributed by atoms with Crippen LogP contribution in [-0.4, -0.2) is 12.9 Å². The molecule has 0 aromatic heterocycles. The fraction of sp³-hybridized carbons (Fsp3) is 0.438. The van der Waals surface area contributed by atoms with Gasteiger partial charge >= 0.3 is 0 Å². The van der Waals surface area contributed by atoms with Crippen LogP contribution in [0, 0.1) is 11.8 Å². The average molecular weight is 242 g/mol. The lowest BCUT2D eigenvalue weighted by atomic mass is 9.76. The first kappa shape index (κ1) is 11.5. The highest BCUT2D eigenvalue weighted by atomic mass is 16.5. The summed E-state index contributed by atoms with van der Waals surface area (Å²) < 4.78 is 5.22. The normalized spacial score (nSPS) is 26.2. The molecule has 0 unspecified atom stereocenters. The number of allylic oxidation sites excluding steroid dienone is 2. The predicted octanol–water partition coefficient (Wildman–Crippen LogP) is 3.41. The van der Waals surface area contributed by atoms with Crippen LogP contribution < -0.4 is 4.74 Å². The molecule has 2 nitrogen and oxygen atoms in total. The molecule has 0 fully saturated rings. The summed E-state index contributed by atoms with van der Waals surface area (Å²) in [4.78, 5) is 12.5. The van der Waals surface area contributed by atoms with Crippen molar-refractivity contribution in [2.45, 2.75) is 25.7 Å². The molecule has 0 radical (unpaired) electrons. The van der Waals surface area contributed by atoms with E-state index in [1.165, 1.54) is 0 Å². The number of hydrogen-bond donors (Lipinski definition) is 0. The van der Waals surface area contributed by atoms with Crippen molar-refractivity contribution in [1.82, 2.24) is 0 Å². The number of rotatable bonds is 2. The van der Waals surface area contributed by atoms with Crippen LogP contribution >= 0.6 is 0 Å². The lowest BCUT2D eigenvalue weighted by Gasteiger charge is -2.27. The Labute approximate surface area is 108 Å². The summed E-state index contributed by atoms with van der Waals surface area (Å²) in [6, 6.07) is 5.83. The van der Waals surface area contributed by atoms with Crippen molar-refractivity contribution in [2.75, 3.05) is 7.11 Å². The van der Waals surface area contributed by atoms with Crippen LogP contribution in [0.15, 0.2) is 30.4 Å². The van der Waals surface area contributed by atoms with Crippen LogP contribution in [0.3, 0.4) is 0 Å². The molecule has 0 saturated heterocycles. The highest BCUT2D eigenvalue weighted by molar-refractivity contribution is 6.00. The quantitative estimate of drug-likeness (QED) is 0.743. The van der Waals surface area contributed by atoms with Gasteiger partial charge in [-0.15, -0.1) is 0 Å². The van der Waals surface area contributed by atoms with Gasteiger partial charge in [0.1, 0.15) is 5.75 Å². The van der Waals surface area contributed by atoms with Crippen molar-refractivity contribution in [3.8, 4) is 5.75 Å². The Morgan fingerprint density at radius 2 is 2.17 bits per heavy atom. The summed E-state index contributed by atoms with van der Waals surface area (Å²) in [6.07, 6.45) is 8.69. The summed E-state index contributed by atoms with van der Waals surface area (Å²) >= 11 is 0. The van der Waals surface area contributed by atoms with Gasteiger partial charge in [0.15, 0.2) is 5.78 Å². The summed E-state index contributed by atoms with van der Waals surface area (Å²) in [5, 5.41) is 0. The molecule has 0 N–H and O–H groups in total. The minimum absolute atomic E-state index is 0.199. The Morgan fingerprint density at radius 1 is 1.28 bits per heavy atom. The van der Waals surface area contributed by atoms with Gasteiger partial charge in [-0.05, 0) is 55.4 Å². The monoisotopic (exact) mass is 242 g/mol. The molecular weight excluding hydrogens is 224 g/mol. The molecule has 0 aliphatic heterocycles. The van der Waals surface area contributed by atoms with Crippen LogP contribution in [0.4, 0.5) is 0 Å². The zero-order valence-electron chi connectivity index (χ0n) is 10.7. The highest BCUT2D eigenvalue weighted by Gasteiger charge is 2.33. The Kier molecular flexibility index (Phi) is 2.94. The molecule has 2 aliphatic rings. The average Bonchev–Trinajstić information content (AvgIpc) is 2.92. The number of ether oxygens (including phenoxy) is 1. The number of aryl methyl sites for hydroxylation is 1. The summed E-state index contributed by atoms with van der Waals surface area (Å²) in [6.45, 7) is 0. The first-order chi connectivity index (χ1) is 8.79. The summed E-state index contributed by atoms with van der Waals surface area (Å²) in [5.74, 6) is 1.84. The van der Waals surface area contributed by atoms with E-state index in [4.69, 9.17) is 4.74 Å². The van der Waals surface area contributed by atoms with E-state index < -0.39 is 0 Å². The van der Waals surface area contributed by atoms with E-state index in [0.717, 1.165) is 42.6 Å². The van der Waals surface area contributed by atoms with E-state index in [1.54, 1.807) is 7.11 Å². The molecule has 0 heterocycles. The van der Waals surface area contributed by atoms with Crippen molar-refractivity contribution < 1.29 is 9.53 Å². The molecule has 1 aromatic rings. The molecule has 2 heteroatoms. The summed E-state index contributed by atoms with van der Waals surface area (Å²) in [7, 11) is 1.67. The van der Waals surface area contributed by atoms with Gasteiger partial charge in [-0.1, -0.05) is 12.2 Å². The fourth-order valence-corrected chi connectivity index (χ4v) is 3.19. The first-order valence-corrected chi connectivity index (χ1v) is 6.67. The van der Waals surface area contributed by atoms with Gasteiger partial charge in [-0.3, -0.25) is 4.79 Å². The lowest BCUT2D eigenvalue weighted by Crippen LogP contribution is -2.27. The second kappa shape index (κ2) is 4.60. The maximum Gasteiger partial charge on any atom is 0.166 e. The molecule has 1 aromatic carbocycles. The Morgan fingerprint density at radius 3 is 2.89 bits per heavy atom. The van der Waals surface area contributed by atoms with Crippen LogP contribution in [0.2, 0.25) is 0 Å². The second-order valence-electron chi connectivity index (χ2n) is 5.20. The molecular formula is C16H18O2. The molecule has 0 bridgehead atoms. The zero-order chi connectivity index (χ0) is 12.5. The standard InChI is InChI=1S/C16H18O2/c1-18-13-7-9-15-12(10-13)6-8-14(16(15)17)11-4-2-3-5-11/h2,4,7,9-11,14H,3,5-6,8H2,1H3/t11-,14-/m0/s1. The predicted molar refractivity (Wildman–Crippen MR) is 71.0 cm³/mol. The van der Waals surface area contributed by atoms with Crippen LogP contribution in [0.25, 0.3) is 0 Å². The first-order valence-electron chi connectivity index (χ1n) is 6.67. The van der Waals surface area contributed by atoms with Crippen molar-refractivity contribution in [2.24, 2.45) is 11.8 Å². The van der Waals surface area contributed by atoms with E-state index in [-0.39, 0.29) is 5.92 Å². The molecule has 0 spiro atoms. The molecule has 2 aliphatic carbocycles. The van der Waals surface area contributed by atoms with Gasteiger partial charge in [0.2, 0.25) is 0 Å². The molecule has 94 valence electrons. The van der Waals surface area contributed by atoms with E-state index in [1.807, 2.05) is 18.2 Å². The number of benzene rings is 1. The molecule has 18 heavy (non-hydrogen) atoms. The van der Waals surface area contributed by atoms with Crippen LogP contribution in [0.1, 0.15) is 35.2 Å². The van der Waals surface area contributed by atoms with Crippen molar-refractivity contribution in [1.29, 1.82) is 0 Å². The Balaban J connectivity index is 1.89. The molecule has 3 rings (SSSR count). The van der Waals surface area contributed by atoms with Gasteiger partial charge < -0.3 is 4.74 Å². The lowest BCUT2D eigenvalue weighted by molar-refractivity contribution is 0.0867. The van der Waals surface area contributed by atoms with E-state index in [9.17, 15) is 4.79 Å². The smallest absolute Gasteiger partial charge is 0.166 e.